The zero-order valence-electron chi connectivity index (χ0n) is 11.1. The Labute approximate surface area is 112 Å². The van der Waals surface area contributed by atoms with Gasteiger partial charge in [0.05, 0.1) is 0 Å². The summed E-state index contributed by atoms with van der Waals surface area (Å²) < 4.78 is 0. The van der Waals surface area contributed by atoms with Crippen molar-refractivity contribution in [3.05, 3.63) is 30.5 Å². The average molecular weight is 257 g/mol. The van der Waals surface area contributed by atoms with E-state index in [1.807, 2.05) is 30.5 Å². The Bertz CT molecular complexity index is 590. The number of carbonyl (C=O) groups is 1. The SMILES string of the molecule is CC1CC(C(=O)Nc2ccc3[nH]ccc3c2)CCN1. The van der Waals surface area contributed by atoms with Crippen LogP contribution >= 0.6 is 0 Å². The first-order valence-corrected chi connectivity index (χ1v) is 6.84. The fourth-order valence-corrected chi connectivity index (χ4v) is 2.75. The van der Waals surface area contributed by atoms with Gasteiger partial charge in [0.15, 0.2) is 0 Å². The van der Waals surface area contributed by atoms with Crippen molar-refractivity contribution in [3.63, 3.8) is 0 Å². The topological polar surface area (TPSA) is 56.9 Å². The van der Waals surface area contributed by atoms with Crippen molar-refractivity contribution in [2.24, 2.45) is 5.92 Å². The first kappa shape index (κ1) is 12.2. The van der Waals surface area contributed by atoms with Gasteiger partial charge in [-0.1, -0.05) is 0 Å². The van der Waals surface area contributed by atoms with Crippen molar-refractivity contribution in [1.29, 1.82) is 0 Å². The number of fused-ring (bicyclic) bond motifs is 1. The van der Waals surface area contributed by atoms with Crippen molar-refractivity contribution < 1.29 is 4.79 Å². The van der Waals surface area contributed by atoms with E-state index in [-0.39, 0.29) is 11.8 Å². The summed E-state index contributed by atoms with van der Waals surface area (Å²) in [5.74, 6) is 0.265. The van der Waals surface area contributed by atoms with Gasteiger partial charge in [-0.3, -0.25) is 4.79 Å². The Morgan fingerprint density at radius 3 is 3.11 bits per heavy atom. The summed E-state index contributed by atoms with van der Waals surface area (Å²) in [6.07, 6.45) is 3.74. The molecule has 1 fully saturated rings. The zero-order valence-corrected chi connectivity index (χ0v) is 11.1. The van der Waals surface area contributed by atoms with Crippen LogP contribution in [0.2, 0.25) is 0 Å². The van der Waals surface area contributed by atoms with Crippen LogP contribution in [0.1, 0.15) is 19.8 Å². The van der Waals surface area contributed by atoms with Crippen LogP contribution in [-0.4, -0.2) is 23.5 Å². The molecule has 3 N–H and O–H groups in total. The largest absolute Gasteiger partial charge is 0.361 e. The molecule has 2 heterocycles. The van der Waals surface area contributed by atoms with Gasteiger partial charge in [0, 0.05) is 34.7 Å². The van der Waals surface area contributed by atoms with Gasteiger partial charge in [-0.2, -0.15) is 0 Å². The summed E-state index contributed by atoms with van der Waals surface area (Å²) in [4.78, 5) is 15.4. The van der Waals surface area contributed by atoms with Crippen molar-refractivity contribution in [2.45, 2.75) is 25.8 Å². The summed E-state index contributed by atoms with van der Waals surface area (Å²) in [6, 6.07) is 8.39. The molecule has 3 rings (SSSR count). The summed E-state index contributed by atoms with van der Waals surface area (Å²) in [6.45, 7) is 3.06. The van der Waals surface area contributed by atoms with E-state index < -0.39 is 0 Å². The second-order valence-electron chi connectivity index (χ2n) is 5.35. The normalized spacial score (nSPS) is 23.4. The van der Waals surface area contributed by atoms with E-state index >= 15 is 0 Å². The molecule has 4 heteroatoms. The fourth-order valence-electron chi connectivity index (χ4n) is 2.75. The van der Waals surface area contributed by atoms with E-state index in [9.17, 15) is 4.79 Å². The Morgan fingerprint density at radius 1 is 1.37 bits per heavy atom. The Kier molecular flexibility index (Phi) is 3.25. The number of carbonyl (C=O) groups excluding carboxylic acids is 1. The molecule has 2 unspecified atom stereocenters. The molecule has 4 nitrogen and oxygen atoms in total. The number of anilines is 1. The molecule has 0 bridgehead atoms. The maximum absolute atomic E-state index is 12.2. The summed E-state index contributed by atoms with van der Waals surface area (Å²) in [5, 5.41) is 7.52. The van der Waals surface area contributed by atoms with E-state index in [2.05, 4.69) is 22.5 Å². The minimum absolute atomic E-state index is 0.123. The molecule has 0 spiro atoms. The van der Waals surface area contributed by atoms with Crippen molar-refractivity contribution in [1.82, 2.24) is 10.3 Å². The van der Waals surface area contributed by atoms with Gasteiger partial charge in [-0.15, -0.1) is 0 Å². The molecule has 2 atom stereocenters. The van der Waals surface area contributed by atoms with Crippen LogP contribution < -0.4 is 10.6 Å². The molecule has 0 aliphatic carbocycles. The van der Waals surface area contributed by atoms with Crippen LogP contribution in [0.15, 0.2) is 30.5 Å². The number of aromatic nitrogens is 1. The van der Waals surface area contributed by atoms with Crippen LogP contribution in [0.5, 0.6) is 0 Å². The summed E-state index contributed by atoms with van der Waals surface area (Å²) in [7, 11) is 0. The molecular formula is C15H19N3O. The molecule has 1 aromatic heterocycles. The molecule has 2 aromatic rings. The Morgan fingerprint density at radius 2 is 2.26 bits per heavy atom. The van der Waals surface area contributed by atoms with Gasteiger partial charge in [-0.05, 0) is 50.6 Å². The smallest absolute Gasteiger partial charge is 0.227 e. The molecule has 1 amide bonds. The summed E-state index contributed by atoms with van der Waals surface area (Å²) >= 11 is 0. The third-order valence-corrected chi connectivity index (χ3v) is 3.82. The number of rotatable bonds is 2. The van der Waals surface area contributed by atoms with Gasteiger partial charge < -0.3 is 15.6 Å². The highest BCUT2D eigenvalue weighted by atomic mass is 16.1. The van der Waals surface area contributed by atoms with Gasteiger partial charge in [-0.25, -0.2) is 0 Å². The number of hydrogen-bond donors (Lipinski definition) is 3. The molecule has 0 radical (unpaired) electrons. The quantitative estimate of drug-likeness (QED) is 0.774. The van der Waals surface area contributed by atoms with E-state index in [1.165, 1.54) is 0 Å². The molecule has 1 aliphatic heterocycles. The van der Waals surface area contributed by atoms with Crippen LogP contribution in [-0.2, 0) is 4.79 Å². The highest BCUT2D eigenvalue weighted by Crippen LogP contribution is 2.21. The lowest BCUT2D eigenvalue weighted by molar-refractivity contribution is -0.120. The predicted molar refractivity (Wildman–Crippen MR) is 77.1 cm³/mol. The van der Waals surface area contributed by atoms with Crippen molar-refractivity contribution in [2.75, 3.05) is 11.9 Å². The maximum atomic E-state index is 12.2. The molecule has 19 heavy (non-hydrogen) atoms. The van der Waals surface area contributed by atoms with E-state index in [0.717, 1.165) is 36.0 Å². The van der Waals surface area contributed by atoms with Crippen LogP contribution in [0.4, 0.5) is 5.69 Å². The van der Waals surface area contributed by atoms with Crippen LogP contribution in [0.3, 0.4) is 0 Å². The first-order chi connectivity index (χ1) is 9.22. The number of aromatic amines is 1. The predicted octanol–water partition coefficient (Wildman–Crippen LogP) is 2.49. The van der Waals surface area contributed by atoms with Gasteiger partial charge >= 0.3 is 0 Å². The minimum Gasteiger partial charge on any atom is -0.361 e. The Balaban J connectivity index is 1.71. The lowest BCUT2D eigenvalue weighted by atomic mass is 9.92. The van der Waals surface area contributed by atoms with Gasteiger partial charge in [0.1, 0.15) is 0 Å². The van der Waals surface area contributed by atoms with Gasteiger partial charge in [0.2, 0.25) is 5.91 Å². The number of nitrogens with one attached hydrogen (secondary N) is 3. The monoisotopic (exact) mass is 257 g/mol. The molecule has 1 aromatic carbocycles. The van der Waals surface area contributed by atoms with E-state index in [4.69, 9.17) is 0 Å². The highest BCUT2D eigenvalue weighted by molar-refractivity contribution is 5.95. The molecule has 1 aliphatic rings. The maximum Gasteiger partial charge on any atom is 0.227 e. The van der Waals surface area contributed by atoms with Crippen LogP contribution in [0.25, 0.3) is 10.9 Å². The first-order valence-electron chi connectivity index (χ1n) is 6.84. The lowest BCUT2D eigenvalue weighted by Gasteiger charge is -2.27. The molecule has 1 saturated heterocycles. The van der Waals surface area contributed by atoms with Gasteiger partial charge in [0.25, 0.3) is 0 Å². The number of amides is 1. The van der Waals surface area contributed by atoms with E-state index in [1.54, 1.807) is 0 Å². The Hall–Kier alpha value is -1.81. The van der Waals surface area contributed by atoms with Crippen molar-refractivity contribution in [3.8, 4) is 0 Å². The average Bonchev–Trinajstić information content (AvgIpc) is 2.86. The molecule has 0 saturated carbocycles. The highest BCUT2D eigenvalue weighted by Gasteiger charge is 2.24. The third-order valence-electron chi connectivity index (χ3n) is 3.82. The van der Waals surface area contributed by atoms with Crippen molar-refractivity contribution >= 4 is 22.5 Å². The second-order valence-corrected chi connectivity index (χ2v) is 5.35. The second kappa shape index (κ2) is 5.05. The zero-order chi connectivity index (χ0) is 13.2. The van der Waals surface area contributed by atoms with E-state index in [0.29, 0.717) is 6.04 Å². The minimum atomic E-state index is 0.123. The van der Waals surface area contributed by atoms with Crippen LogP contribution in [0, 0.1) is 5.92 Å². The molecule has 100 valence electrons. The summed E-state index contributed by atoms with van der Waals surface area (Å²) in [5.41, 5.74) is 1.97. The molecular weight excluding hydrogens is 238 g/mol. The third kappa shape index (κ3) is 2.63. The number of benzene rings is 1. The number of piperidine rings is 1. The number of hydrogen-bond acceptors (Lipinski definition) is 2. The fraction of sp³-hybridized carbons (Fsp3) is 0.400. The lowest BCUT2D eigenvalue weighted by Crippen LogP contribution is -2.40. The number of H-pyrrole nitrogens is 1. The standard InChI is InChI=1S/C15H19N3O/c1-10-8-12(5-6-16-10)15(19)18-13-2-3-14-11(9-13)4-7-17-14/h2-4,7,9-10,12,16-17H,5-6,8H2,1H3,(H,18,19).